The van der Waals surface area contributed by atoms with Crippen LogP contribution in [0.2, 0.25) is 0 Å². The average Bonchev–Trinajstić information content (AvgIpc) is 3.31. The van der Waals surface area contributed by atoms with E-state index in [0.717, 1.165) is 24.1 Å². The van der Waals surface area contributed by atoms with Gasteiger partial charge in [-0.25, -0.2) is 14.8 Å². The summed E-state index contributed by atoms with van der Waals surface area (Å²) in [6, 6.07) is 9.77. The summed E-state index contributed by atoms with van der Waals surface area (Å²) in [5.74, 6) is 0.677. The number of hydrogen-bond acceptors (Lipinski definition) is 4. The fourth-order valence-corrected chi connectivity index (χ4v) is 2.06. The van der Waals surface area contributed by atoms with Crippen LogP contribution in [0.25, 0.3) is 11.4 Å². The van der Waals surface area contributed by atoms with Crippen molar-refractivity contribution in [2.24, 2.45) is 0 Å². The Labute approximate surface area is 111 Å². The van der Waals surface area contributed by atoms with Crippen LogP contribution >= 0.6 is 0 Å². The van der Waals surface area contributed by atoms with Crippen molar-refractivity contribution in [1.29, 1.82) is 0 Å². The highest BCUT2D eigenvalue weighted by Crippen LogP contribution is 2.41. The van der Waals surface area contributed by atoms with Gasteiger partial charge in [0.15, 0.2) is 5.82 Å². The summed E-state index contributed by atoms with van der Waals surface area (Å²) >= 11 is 0. The zero-order chi connectivity index (χ0) is 13.2. The first-order valence-electron chi connectivity index (χ1n) is 6.30. The molecule has 3 rings (SSSR count). The van der Waals surface area contributed by atoms with Crippen LogP contribution in [0.5, 0.6) is 0 Å². The molecular formula is C15H14N2O2. The van der Waals surface area contributed by atoms with E-state index in [2.05, 4.69) is 9.97 Å². The van der Waals surface area contributed by atoms with Crippen molar-refractivity contribution in [3.05, 3.63) is 47.8 Å². The third kappa shape index (κ3) is 2.34. The summed E-state index contributed by atoms with van der Waals surface area (Å²) in [5, 5.41) is 0. The molecule has 19 heavy (non-hydrogen) atoms. The standard InChI is InChI=1S/C15H14N2O2/c1-19-15(18)12-9-16-14(11-5-3-2-4-6-11)17-13(12)10-7-8-10/h2-6,9-10H,7-8H2,1H3. The smallest absolute Gasteiger partial charge is 0.341 e. The van der Waals surface area contributed by atoms with E-state index >= 15 is 0 Å². The summed E-state index contributed by atoms with van der Waals surface area (Å²) in [6.07, 6.45) is 3.74. The number of rotatable bonds is 3. The Morgan fingerprint density at radius 1 is 1.26 bits per heavy atom. The second-order valence-corrected chi connectivity index (χ2v) is 4.62. The summed E-state index contributed by atoms with van der Waals surface area (Å²) in [4.78, 5) is 20.6. The van der Waals surface area contributed by atoms with E-state index < -0.39 is 0 Å². The van der Waals surface area contributed by atoms with Gasteiger partial charge in [0.05, 0.1) is 18.4 Å². The largest absolute Gasteiger partial charge is 0.465 e. The molecule has 0 spiro atoms. The monoisotopic (exact) mass is 254 g/mol. The molecule has 1 aliphatic carbocycles. The Morgan fingerprint density at radius 2 is 2.00 bits per heavy atom. The molecule has 0 unspecified atom stereocenters. The summed E-state index contributed by atoms with van der Waals surface area (Å²) in [5.41, 5.74) is 2.27. The summed E-state index contributed by atoms with van der Waals surface area (Å²) in [7, 11) is 1.38. The molecule has 0 radical (unpaired) electrons. The van der Waals surface area contributed by atoms with Crippen molar-refractivity contribution in [2.45, 2.75) is 18.8 Å². The van der Waals surface area contributed by atoms with E-state index in [-0.39, 0.29) is 5.97 Å². The van der Waals surface area contributed by atoms with Crippen LogP contribution in [-0.4, -0.2) is 23.0 Å². The van der Waals surface area contributed by atoms with Crippen LogP contribution in [0.15, 0.2) is 36.5 Å². The summed E-state index contributed by atoms with van der Waals surface area (Å²) < 4.78 is 4.78. The molecule has 0 saturated heterocycles. The molecule has 1 aromatic carbocycles. The molecular weight excluding hydrogens is 240 g/mol. The first-order valence-corrected chi connectivity index (χ1v) is 6.30. The molecule has 1 heterocycles. The number of hydrogen-bond donors (Lipinski definition) is 0. The van der Waals surface area contributed by atoms with Crippen molar-refractivity contribution in [3.63, 3.8) is 0 Å². The maximum atomic E-state index is 11.7. The van der Waals surface area contributed by atoms with Crippen LogP contribution < -0.4 is 0 Å². The molecule has 1 aromatic heterocycles. The van der Waals surface area contributed by atoms with Gasteiger partial charge in [0.1, 0.15) is 0 Å². The predicted octanol–water partition coefficient (Wildman–Crippen LogP) is 2.81. The van der Waals surface area contributed by atoms with E-state index in [1.54, 1.807) is 6.20 Å². The average molecular weight is 254 g/mol. The lowest BCUT2D eigenvalue weighted by molar-refractivity contribution is 0.0598. The minimum absolute atomic E-state index is 0.360. The number of esters is 1. The molecule has 4 heteroatoms. The van der Waals surface area contributed by atoms with Gasteiger partial charge in [0.25, 0.3) is 0 Å². The van der Waals surface area contributed by atoms with Crippen LogP contribution in [-0.2, 0) is 4.74 Å². The van der Waals surface area contributed by atoms with Gasteiger partial charge >= 0.3 is 5.97 Å². The number of ether oxygens (including phenoxy) is 1. The SMILES string of the molecule is COC(=O)c1cnc(-c2ccccc2)nc1C1CC1. The minimum atomic E-state index is -0.360. The maximum Gasteiger partial charge on any atom is 0.341 e. The third-order valence-electron chi connectivity index (χ3n) is 3.22. The van der Waals surface area contributed by atoms with Crippen molar-refractivity contribution in [2.75, 3.05) is 7.11 Å². The number of carbonyl (C=O) groups excluding carboxylic acids is 1. The highest BCUT2D eigenvalue weighted by Gasteiger charge is 2.30. The number of aromatic nitrogens is 2. The van der Waals surface area contributed by atoms with Gasteiger partial charge < -0.3 is 4.74 Å². The minimum Gasteiger partial charge on any atom is -0.465 e. The lowest BCUT2D eigenvalue weighted by atomic mass is 10.1. The Balaban J connectivity index is 2.05. The number of methoxy groups -OCH3 is 1. The molecule has 1 saturated carbocycles. The van der Waals surface area contributed by atoms with E-state index in [9.17, 15) is 4.79 Å². The normalized spacial score (nSPS) is 14.2. The Hall–Kier alpha value is -2.23. The van der Waals surface area contributed by atoms with Gasteiger partial charge in [-0.15, -0.1) is 0 Å². The lowest BCUT2D eigenvalue weighted by Gasteiger charge is -2.08. The summed E-state index contributed by atoms with van der Waals surface area (Å²) in [6.45, 7) is 0. The van der Waals surface area contributed by atoms with Gasteiger partial charge in [-0.05, 0) is 12.8 Å². The molecule has 0 aliphatic heterocycles. The van der Waals surface area contributed by atoms with E-state index in [4.69, 9.17) is 4.74 Å². The van der Waals surface area contributed by atoms with Crippen molar-refractivity contribution in [3.8, 4) is 11.4 Å². The molecule has 0 atom stereocenters. The Bertz CT molecular complexity index is 607. The number of benzene rings is 1. The number of carbonyl (C=O) groups is 1. The molecule has 0 bridgehead atoms. The highest BCUT2D eigenvalue weighted by molar-refractivity contribution is 5.90. The fraction of sp³-hybridized carbons (Fsp3) is 0.267. The highest BCUT2D eigenvalue weighted by atomic mass is 16.5. The van der Waals surface area contributed by atoms with Crippen molar-refractivity contribution < 1.29 is 9.53 Å². The van der Waals surface area contributed by atoms with E-state index in [0.29, 0.717) is 17.3 Å². The molecule has 2 aromatic rings. The van der Waals surface area contributed by atoms with Crippen LogP contribution in [0.4, 0.5) is 0 Å². The van der Waals surface area contributed by atoms with Gasteiger partial charge in [-0.2, -0.15) is 0 Å². The Kier molecular flexibility index (Phi) is 2.99. The van der Waals surface area contributed by atoms with Crippen LogP contribution in [0.3, 0.4) is 0 Å². The van der Waals surface area contributed by atoms with Gasteiger partial charge in [0.2, 0.25) is 0 Å². The van der Waals surface area contributed by atoms with Crippen LogP contribution in [0.1, 0.15) is 34.8 Å². The van der Waals surface area contributed by atoms with Crippen molar-refractivity contribution >= 4 is 5.97 Å². The zero-order valence-electron chi connectivity index (χ0n) is 10.7. The molecule has 0 N–H and O–H groups in total. The van der Waals surface area contributed by atoms with E-state index in [1.165, 1.54) is 7.11 Å². The van der Waals surface area contributed by atoms with Gasteiger partial charge in [-0.3, -0.25) is 0 Å². The lowest BCUT2D eigenvalue weighted by Crippen LogP contribution is -2.09. The first-order chi connectivity index (χ1) is 9.29. The Morgan fingerprint density at radius 3 is 2.63 bits per heavy atom. The molecule has 96 valence electrons. The molecule has 1 fully saturated rings. The quantitative estimate of drug-likeness (QED) is 0.790. The van der Waals surface area contributed by atoms with Gasteiger partial charge in [-0.1, -0.05) is 30.3 Å². The zero-order valence-corrected chi connectivity index (χ0v) is 10.7. The molecule has 1 aliphatic rings. The molecule has 4 nitrogen and oxygen atoms in total. The maximum absolute atomic E-state index is 11.7. The first kappa shape index (κ1) is 11.8. The van der Waals surface area contributed by atoms with Gasteiger partial charge in [0, 0.05) is 17.7 Å². The fourth-order valence-electron chi connectivity index (χ4n) is 2.06. The second kappa shape index (κ2) is 4.80. The van der Waals surface area contributed by atoms with Crippen LogP contribution in [0, 0.1) is 0 Å². The second-order valence-electron chi connectivity index (χ2n) is 4.62. The third-order valence-corrected chi connectivity index (χ3v) is 3.22. The molecule has 0 amide bonds. The number of nitrogens with zero attached hydrogens (tertiary/aromatic N) is 2. The van der Waals surface area contributed by atoms with Crippen molar-refractivity contribution in [1.82, 2.24) is 9.97 Å². The predicted molar refractivity (Wildman–Crippen MR) is 70.8 cm³/mol. The van der Waals surface area contributed by atoms with E-state index in [1.807, 2.05) is 30.3 Å². The topological polar surface area (TPSA) is 52.1 Å².